The van der Waals surface area contributed by atoms with E-state index in [0.29, 0.717) is 0 Å². The summed E-state index contributed by atoms with van der Waals surface area (Å²) in [7, 11) is 0. The van der Waals surface area contributed by atoms with Gasteiger partial charge in [-0.25, -0.2) is 0 Å². The fourth-order valence-corrected chi connectivity index (χ4v) is 8.29. The highest BCUT2D eigenvalue weighted by atomic mass is 16.6. The molecule has 0 aliphatic heterocycles. The third-order valence-corrected chi connectivity index (χ3v) is 11.1. The van der Waals surface area contributed by atoms with Gasteiger partial charge >= 0.3 is 0 Å². The van der Waals surface area contributed by atoms with Gasteiger partial charge in [0.1, 0.15) is 16.7 Å². The standard InChI is InChI=1S/C45H21N9O12/c55-37-19-7-1-4-10-22(19)40(58)34-28(52(61)62)16-13-25(31(34)37)46-43-49-44(47-26-14-17-29(53(63)64)35-32(26)38(56)20-8-2-5-11-23(20)41(35)59)51-45(50-43)48-27-15-18-30(54(65)66)36-33(27)39(57)21-9-3-6-12-24(21)42(36)60/h1-18H,(H3,46,47,48,49,50,51). The fourth-order valence-electron chi connectivity index (χ4n) is 8.29. The maximum absolute atomic E-state index is 14.1. The quantitative estimate of drug-likeness (QED) is 0.0956. The summed E-state index contributed by atoms with van der Waals surface area (Å²) in [6, 6.07) is 23.6. The molecule has 3 aliphatic rings. The van der Waals surface area contributed by atoms with E-state index >= 15 is 0 Å². The first-order valence-corrected chi connectivity index (χ1v) is 19.3. The SMILES string of the molecule is O=C1c2ccccc2C(=O)c2c([N+](=O)[O-])ccc(Nc3nc(Nc4ccc([N+](=O)[O-])c5c4C(=O)c4ccccc4C5=O)nc(Nc4ccc([N+](=O)[O-])c5c4C(=O)c4ccccc4C5=O)n3)c21. The summed E-state index contributed by atoms with van der Waals surface area (Å²) < 4.78 is 0. The first-order valence-electron chi connectivity index (χ1n) is 19.3. The molecule has 7 aromatic rings. The van der Waals surface area contributed by atoms with Crippen molar-refractivity contribution in [1.82, 2.24) is 15.0 Å². The van der Waals surface area contributed by atoms with Gasteiger partial charge in [-0.1, -0.05) is 72.8 Å². The molecular weight excluding hydrogens is 859 g/mol. The van der Waals surface area contributed by atoms with Gasteiger partial charge in [-0.3, -0.25) is 59.1 Å². The number of nitrogens with zero attached hydrogens (tertiary/aromatic N) is 6. The number of nitro benzene ring substituents is 3. The molecule has 0 saturated heterocycles. The molecule has 3 aliphatic carbocycles. The van der Waals surface area contributed by atoms with Crippen molar-refractivity contribution in [3.8, 4) is 0 Å². The number of carbonyl (C=O) groups is 6. The van der Waals surface area contributed by atoms with E-state index in [2.05, 4.69) is 30.9 Å². The predicted octanol–water partition coefficient (Wildman–Crippen LogP) is 7.15. The summed E-state index contributed by atoms with van der Waals surface area (Å²) >= 11 is 0. The predicted molar refractivity (Wildman–Crippen MR) is 229 cm³/mol. The normalized spacial score (nSPS) is 13.1. The lowest BCUT2D eigenvalue weighted by Gasteiger charge is -2.22. The molecule has 0 saturated carbocycles. The molecule has 0 fully saturated rings. The average Bonchev–Trinajstić information content (AvgIpc) is 3.31. The van der Waals surface area contributed by atoms with E-state index in [4.69, 9.17) is 0 Å². The summed E-state index contributed by atoms with van der Waals surface area (Å²) in [6.07, 6.45) is 0. The van der Waals surface area contributed by atoms with E-state index in [-0.39, 0.29) is 50.4 Å². The van der Waals surface area contributed by atoms with Crippen LogP contribution in [0.25, 0.3) is 0 Å². The number of nitrogens with one attached hydrogen (secondary N) is 3. The van der Waals surface area contributed by atoms with Crippen molar-refractivity contribution < 1.29 is 43.5 Å². The number of ketones is 6. The first-order chi connectivity index (χ1) is 31.7. The van der Waals surface area contributed by atoms with Crippen molar-refractivity contribution in [3.63, 3.8) is 0 Å². The molecule has 66 heavy (non-hydrogen) atoms. The Bertz CT molecular complexity index is 3160. The van der Waals surface area contributed by atoms with Gasteiger partial charge in [-0.2, -0.15) is 15.0 Å². The number of fused-ring (bicyclic) bond motifs is 6. The summed E-state index contributed by atoms with van der Waals surface area (Å²) in [4.78, 5) is 131. The highest BCUT2D eigenvalue weighted by molar-refractivity contribution is 6.33. The molecular formula is C45H21N9O12. The lowest BCUT2D eigenvalue weighted by Crippen LogP contribution is -2.24. The molecule has 10 rings (SSSR count). The van der Waals surface area contributed by atoms with Gasteiger partial charge in [0, 0.05) is 51.6 Å². The largest absolute Gasteiger partial charge is 0.323 e. The molecule has 0 spiro atoms. The van der Waals surface area contributed by atoms with Gasteiger partial charge in [0.2, 0.25) is 35.2 Å². The van der Waals surface area contributed by atoms with Gasteiger partial charge in [0.05, 0.1) is 48.5 Å². The van der Waals surface area contributed by atoms with Gasteiger partial charge in [-0.15, -0.1) is 0 Å². The molecule has 318 valence electrons. The zero-order chi connectivity index (χ0) is 46.3. The van der Waals surface area contributed by atoms with Gasteiger partial charge in [0.15, 0.2) is 17.3 Å². The van der Waals surface area contributed by atoms with E-state index in [0.717, 1.165) is 36.4 Å². The molecule has 1 heterocycles. The summed E-state index contributed by atoms with van der Waals surface area (Å²) in [6.45, 7) is 0. The van der Waals surface area contributed by atoms with Crippen LogP contribution in [0.4, 0.5) is 52.0 Å². The van der Waals surface area contributed by atoms with Crippen molar-refractivity contribution in [2.24, 2.45) is 0 Å². The maximum Gasteiger partial charge on any atom is 0.281 e. The summed E-state index contributed by atoms with van der Waals surface area (Å²) in [5.41, 5.74) is -5.75. The number of carbonyl (C=O) groups excluding carboxylic acids is 6. The number of aromatic nitrogens is 3. The molecule has 0 bridgehead atoms. The van der Waals surface area contributed by atoms with Gasteiger partial charge in [0.25, 0.3) is 17.1 Å². The molecule has 1 aromatic heterocycles. The number of nitro groups is 3. The van der Waals surface area contributed by atoms with Crippen LogP contribution >= 0.6 is 0 Å². The van der Waals surface area contributed by atoms with Crippen LogP contribution in [0, 0.1) is 30.3 Å². The van der Waals surface area contributed by atoms with E-state index in [1.165, 1.54) is 72.8 Å². The second-order valence-corrected chi connectivity index (χ2v) is 14.7. The van der Waals surface area contributed by atoms with Crippen molar-refractivity contribution in [1.29, 1.82) is 0 Å². The smallest absolute Gasteiger partial charge is 0.281 e. The van der Waals surface area contributed by atoms with Gasteiger partial charge < -0.3 is 16.0 Å². The van der Waals surface area contributed by atoms with Crippen molar-refractivity contribution in [3.05, 3.63) is 206 Å². The topological polar surface area (TPSA) is 307 Å². The second-order valence-electron chi connectivity index (χ2n) is 14.7. The Morgan fingerprint density at radius 3 is 0.742 bits per heavy atom. The van der Waals surface area contributed by atoms with Crippen LogP contribution in [0.5, 0.6) is 0 Å². The van der Waals surface area contributed by atoms with E-state index in [1.54, 1.807) is 0 Å². The monoisotopic (exact) mass is 879 g/mol. The minimum atomic E-state index is -0.820. The minimum absolute atomic E-state index is 0.0497. The van der Waals surface area contributed by atoms with Crippen LogP contribution in [0.1, 0.15) is 95.5 Å². The molecule has 3 N–H and O–H groups in total. The Morgan fingerprint density at radius 1 is 0.318 bits per heavy atom. The Balaban J connectivity index is 1.15. The number of rotatable bonds is 9. The third-order valence-electron chi connectivity index (χ3n) is 11.1. The van der Waals surface area contributed by atoms with Crippen LogP contribution < -0.4 is 16.0 Å². The summed E-state index contributed by atoms with van der Waals surface area (Å²) in [5, 5.41) is 45.0. The Hall–Kier alpha value is -10.1. The van der Waals surface area contributed by atoms with Crippen molar-refractivity contribution >= 4 is 86.7 Å². The minimum Gasteiger partial charge on any atom is -0.323 e. The van der Waals surface area contributed by atoms with Crippen molar-refractivity contribution in [2.75, 3.05) is 16.0 Å². The van der Waals surface area contributed by atoms with E-state index in [1.807, 2.05) is 0 Å². The third kappa shape index (κ3) is 6.06. The molecule has 0 radical (unpaired) electrons. The maximum atomic E-state index is 14.1. The van der Waals surface area contributed by atoms with E-state index in [9.17, 15) is 59.1 Å². The van der Waals surface area contributed by atoms with Crippen LogP contribution in [-0.2, 0) is 0 Å². The number of anilines is 6. The highest BCUT2D eigenvalue weighted by Gasteiger charge is 2.41. The van der Waals surface area contributed by atoms with E-state index < -0.39 is 118 Å². The van der Waals surface area contributed by atoms with Crippen LogP contribution in [-0.4, -0.2) is 64.4 Å². The zero-order valence-electron chi connectivity index (χ0n) is 33.0. The second kappa shape index (κ2) is 14.8. The molecule has 0 amide bonds. The Labute approximate surface area is 366 Å². The summed E-state index contributed by atoms with van der Waals surface area (Å²) in [5.74, 6) is -6.13. The lowest BCUT2D eigenvalue weighted by molar-refractivity contribution is -0.385. The molecule has 0 atom stereocenters. The van der Waals surface area contributed by atoms with Crippen LogP contribution in [0.2, 0.25) is 0 Å². The Kier molecular flexibility index (Phi) is 8.98. The zero-order valence-corrected chi connectivity index (χ0v) is 33.0. The first kappa shape index (κ1) is 40.0. The Morgan fingerprint density at radius 2 is 0.530 bits per heavy atom. The molecule has 21 heteroatoms. The molecule has 6 aromatic carbocycles. The molecule has 0 unspecified atom stereocenters. The van der Waals surface area contributed by atoms with Crippen molar-refractivity contribution in [2.45, 2.75) is 0 Å². The number of hydrogen-bond donors (Lipinski definition) is 3. The average molecular weight is 880 g/mol. The van der Waals surface area contributed by atoms with Crippen LogP contribution in [0.15, 0.2) is 109 Å². The number of hydrogen-bond acceptors (Lipinski definition) is 18. The number of benzene rings is 6. The fraction of sp³-hybridized carbons (Fsp3) is 0. The highest BCUT2D eigenvalue weighted by Crippen LogP contribution is 2.42. The van der Waals surface area contributed by atoms with Gasteiger partial charge in [-0.05, 0) is 18.2 Å². The molecule has 21 nitrogen and oxygen atoms in total. The lowest BCUT2D eigenvalue weighted by atomic mass is 9.82. The van der Waals surface area contributed by atoms with Crippen LogP contribution in [0.3, 0.4) is 0 Å².